The van der Waals surface area contributed by atoms with Crippen LogP contribution in [0, 0.1) is 40.4 Å². The summed E-state index contributed by atoms with van der Waals surface area (Å²) in [4.78, 5) is 14.2. The molecule has 2 aromatic heterocycles. The molecule has 0 aromatic carbocycles. The molecule has 196 valence electrons. The molecule has 0 aliphatic heterocycles. The molecule has 2 aromatic rings. The van der Waals surface area contributed by atoms with Crippen molar-refractivity contribution in [3.8, 4) is 6.07 Å². The number of anilines is 1. The van der Waals surface area contributed by atoms with Crippen LogP contribution in [0.3, 0.4) is 0 Å². The number of nitrogens with one attached hydrogen (secondary N) is 1. The molecule has 0 radical (unpaired) electrons. The van der Waals surface area contributed by atoms with Crippen LogP contribution in [0.4, 0.5) is 5.00 Å². The summed E-state index contributed by atoms with van der Waals surface area (Å²) < 4.78 is 2.17. The summed E-state index contributed by atoms with van der Waals surface area (Å²) in [6.07, 6.45) is 15.5. The summed E-state index contributed by atoms with van der Waals surface area (Å²) >= 11 is 3.02. The van der Waals surface area contributed by atoms with Crippen molar-refractivity contribution in [3.05, 3.63) is 34.5 Å². The second-order valence-corrected chi connectivity index (χ2v) is 14.1. The van der Waals surface area contributed by atoms with E-state index in [1.54, 1.807) is 11.3 Å². The predicted octanol–water partition coefficient (Wildman–Crippen LogP) is 6.40. The minimum atomic E-state index is -0.0945. The first-order valence-electron chi connectivity index (χ1n) is 14.0. The number of carbonyl (C=O) groups is 1. The third-order valence-corrected chi connectivity index (χ3v) is 11.6. The number of hydrogen-bond donors (Lipinski definition) is 1. The molecular formula is C29H37N5OS2. The Morgan fingerprint density at radius 1 is 1.27 bits per heavy atom. The number of thiophene rings is 1. The van der Waals surface area contributed by atoms with E-state index in [9.17, 15) is 10.1 Å². The Morgan fingerprint density at radius 2 is 2.00 bits per heavy atom. The average molecular weight is 536 g/mol. The number of thioether (sulfide) groups is 1. The van der Waals surface area contributed by atoms with Crippen LogP contribution in [-0.4, -0.2) is 26.4 Å². The van der Waals surface area contributed by atoms with Crippen LogP contribution in [0.5, 0.6) is 0 Å². The molecule has 0 spiro atoms. The largest absolute Gasteiger partial charge is 0.316 e. The van der Waals surface area contributed by atoms with Gasteiger partial charge in [0.1, 0.15) is 16.9 Å². The van der Waals surface area contributed by atoms with Gasteiger partial charge < -0.3 is 9.88 Å². The Hall–Kier alpha value is -2.11. The standard InChI is InChI=1S/C29H37N5OS2/c1-3-7-34-25(15-29-12-19-8-20(13-29)10-21(9-19)14-29)32-33-28(34)36-17-26(35)31-27-23(16-30)22-6-5-18(4-2)11-24(22)37-27/h3,18-21H,1,4-15,17H2,2H3,(H,31,35). The maximum absolute atomic E-state index is 12.9. The Morgan fingerprint density at radius 3 is 2.65 bits per heavy atom. The number of fused-ring (bicyclic) bond motifs is 1. The van der Waals surface area contributed by atoms with E-state index in [-0.39, 0.29) is 11.7 Å². The summed E-state index contributed by atoms with van der Waals surface area (Å²) in [6.45, 7) is 6.85. The lowest BCUT2D eigenvalue weighted by Gasteiger charge is -2.56. The van der Waals surface area contributed by atoms with E-state index < -0.39 is 0 Å². The fraction of sp³-hybridized carbons (Fsp3) is 0.655. The Balaban J connectivity index is 1.13. The molecule has 0 saturated heterocycles. The molecule has 7 rings (SSSR count). The number of allylic oxidation sites excluding steroid dienone is 1. The van der Waals surface area contributed by atoms with Gasteiger partial charge in [0.05, 0.1) is 11.3 Å². The van der Waals surface area contributed by atoms with E-state index in [2.05, 4.69) is 39.7 Å². The zero-order valence-corrected chi connectivity index (χ0v) is 23.4. The first-order valence-corrected chi connectivity index (χ1v) is 15.8. The second-order valence-electron chi connectivity index (χ2n) is 12.1. The van der Waals surface area contributed by atoms with Gasteiger partial charge in [0.25, 0.3) is 0 Å². The van der Waals surface area contributed by atoms with E-state index in [4.69, 9.17) is 0 Å². The van der Waals surface area contributed by atoms with Crippen LogP contribution in [0.2, 0.25) is 0 Å². The van der Waals surface area contributed by atoms with Gasteiger partial charge >= 0.3 is 0 Å². The van der Waals surface area contributed by atoms with Crippen molar-refractivity contribution in [2.75, 3.05) is 11.1 Å². The number of carbonyl (C=O) groups excluding carboxylic acids is 1. The van der Waals surface area contributed by atoms with Crippen LogP contribution in [0.1, 0.15) is 80.1 Å². The minimum Gasteiger partial charge on any atom is -0.316 e. The third kappa shape index (κ3) is 4.90. The lowest BCUT2D eigenvalue weighted by atomic mass is 9.49. The van der Waals surface area contributed by atoms with Crippen molar-refractivity contribution in [1.29, 1.82) is 5.26 Å². The van der Waals surface area contributed by atoms with E-state index in [1.165, 1.54) is 55.2 Å². The molecule has 4 saturated carbocycles. The van der Waals surface area contributed by atoms with Crippen molar-refractivity contribution < 1.29 is 4.79 Å². The van der Waals surface area contributed by atoms with Crippen LogP contribution >= 0.6 is 23.1 Å². The molecule has 4 bridgehead atoms. The Labute approximate surface area is 228 Å². The molecule has 1 unspecified atom stereocenters. The minimum absolute atomic E-state index is 0.0945. The van der Waals surface area contributed by atoms with Crippen molar-refractivity contribution >= 4 is 34.0 Å². The number of rotatable bonds is 9. The smallest absolute Gasteiger partial charge is 0.235 e. The SMILES string of the molecule is C=CCn1c(CC23CC4CC(CC(C4)C2)C3)nnc1SCC(=O)Nc1sc2c(c1C#N)CCC(CC)C2. The molecule has 37 heavy (non-hydrogen) atoms. The highest BCUT2D eigenvalue weighted by atomic mass is 32.2. The quantitative estimate of drug-likeness (QED) is 0.297. The van der Waals surface area contributed by atoms with Crippen LogP contribution in [0.25, 0.3) is 0 Å². The van der Waals surface area contributed by atoms with Crippen molar-refractivity contribution in [3.63, 3.8) is 0 Å². The maximum atomic E-state index is 12.9. The van der Waals surface area contributed by atoms with Gasteiger partial charge in [0.15, 0.2) is 5.16 Å². The molecule has 1 N–H and O–H groups in total. The molecule has 5 aliphatic carbocycles. The number of hydrogen-bond acceptors (Lipinski definition) is 6. The van der Waals surface area contributed by atoms with Gasteiger partial charge in [0, 0.05) is 17.8 Å². The second kappa shape index (κ2) is 10.2. The van der Waals surface area contributed by atoms with E-state index in [1.807, 2.05) is 6.08 Å². The molecule has 4 fully saturated rings. The van der Waals surface area contributed by atoms with Crippen LogP contribution in [-0.2, 0) is 30.6 Å². The number of nitriles is 1. The fourth-order valence-corrected chi connectivity index (χ4v) is 10.3. The fourth-order valence-electron chi connectivity index (χ4n) is 8.21. The van der Waals surface area contributed by atoms with Crippen molar-refractivity contribution in [1.82, 2.24) is 14.8 Å². The summed E-state index contributed by atoms with van der Waals surface area (Å²) in [6, 6.07) is 2.36. The predicted molar refractivity (Wildman–Crippen MR) is 149 cm³/mol. The van der Waals surface area contributed by atoms with E-state index in [0.29, 0.717) is 28.4 Å². The molecule has 1 amide bonds. The van der Waals surface area contributed by atoms with Crippen molar-refractivity contribution in [2.45, 2.75) is 89.3 Å². The van der Waals surface area contributed by atoms with Gasteiger partial charge in [-0.25, -0.2) is 0 Å². The van der Waals surface area contributed by atoms with Gasteiger partial charge in [-0.05, 0) is 92.4 Å². The highest BCUT2D eigenvalue weighted by Gasteiger charge is 2.51. The zero-order chi connectivity index (χ0) is 25.6. The number of amides is 1. The Kier molecular flexibility index (Phi) is 6.96. The Bertz CT molecular complexity index is 1200. The van der Waals surface area contributed by atoms with Gasteiger partial charge in [0.2, 0.25) is 5.91 Å². The monoisotopic (exact) mass is 535 g/mol. The molecule has 2 heterocycles. The number of nitrogens with zero attached hydrogens (tertiary/aromatic N) is 4. The van der Waals surface area contributed by atoms with Gasteiger partial charge in [-0.15, -0.1) is 28.1 Å². The summed E-state index contributed by atoms with van der Waals surface area (Å²) in [7, 11) is 0. The molecule has 6 nitrogen and oxygen atoms in total. The number of aromatic nitrogens is 3. The highest BCUT2D eigenvalue weighted by Crippen LogP contribution is 2.61. The summed E-state index contributed by atoms with van der Waals surface area (Å²) in [5, 5.41) is 23.5. The molecular weight excluding hydrogens is 498 g/mol. The van der Waals surface area contributed by atoms with Gasteiger partial charge in [-0.1, -0.05) is 31.2 Å². The summed E-state index contributed by atoms with van der Waals surface area (Å²) in [5.74, 6) is 4.62. The first kappa shape index (κ1) is 25.2. The lowest BCUT2D eigenvalue weighted by Crippen LogP contribution is -2.47. The first-order chi connectivity index (χ1) is 18.0. The van der Waals surface area contributed by atoms with Crippen molar-refractivity contribution in [2.24, 2.45) is 29.1 Å². The van der Waals surface area contributed by atoms with E-state index >= 15 is 0 Å². The third-order valence-electron chi connectivity index (χ3n) is 9.45. The van der Waals surface area contributed by atoms with Crippen LogP contribution in [0.15, 0.2) is 17.8 Å². The maximum Gasteiger partial charge on any atom is 0.235 e. The molecule has 5 aliphatic rings. The summed E-state index contributed by atoms with van der Waals surface area (Å²) in [5.41, 5.74) is 2.21. The van der Waals surface area contributed by atoms with Crippen LogP contribution < -0.4 is 5.32 Å². The normalized spacial score (nSPS) is 29.6. The highest BCUT2D eigenvalue weighted by molar-refractivity contribution is 7.99. The van der Waals surface area contributed by atoms with Gasteiger partial charge in [-0.2, -0.15) is 5.26 Å². The molecule has 1 atom stereocenters. The lowest BCUT2D eigenvalue weighted by molar-refractivity contribution is -0.113. The van der Waals surface area contributed by atoms with E-state index in [0.717, 1.165) is 66.4 Å². The topological polar surface area (TPSA) is 83.6 Å². The average Bonchev–Trinajstić information content (AvgIpc) is 3.41. The van der Waals surface area contributed by atoms with Gasteiger partial charge in [-0.3, -0.25) is 4.79 Å². The molecule has 8 heteroatoms. The zero-order valence-electron chi connectivity index (χ0n) is 21.8.